The number of benzene rings is 1. The van der Waals surface area contributed by atoms with Crippen molar-refractivity contribution in [3.05, 3.63) is 29.3 Å². The van der Waals surface area contributed by atoms with Gasteiger partial charge in [0, 0.05) is 0 Å². The van der Waals surface area contributed by atoms with Crippen LogP contribution in [0.1, 0.15) is 11.1 Å². The van der Waals surface area contributed by atoms with Crippen molar-refractivity contribution in [1.29, 1.82) is 0 Å². The minimum absolute atomic E-state index is 0.0286. The number of hydrogen-bond donors (Lipinski definition) is 1. The number of sulfonamides is 1. The van der Waals surface area contributed by atoms with Gasteiger partial charge in [-0.3, -0.25) is 0 Å². The summed E-state index contributed by atoms with van der Waals surface area (Å²) in [5.41, 5.74) is 0.981. The van der Waals surface area contributed by atoms with Gasteiger partial charge >= 0.3 is 0 Å². The summed E-state index contributed by atoms with van der Waals surface area (Å²) in [4.78, 5) is 0.0286. The highest BCUT2D eigenvalue weighted by Gasteiger charge is 2.11. The lowest BCUT2D eigenvalue weighted by atomic mass is 10.2. The molecule has 1 rings (SSSR count). The van der Waals surface area contributed by atoms with Crippen LogP contribution in [-0.4, -0.2) is 8.42 Å². The van der Waals surface area contributed by atoms with Gasteiger partial charge in [-0.2, -0.15) is 0 Å². The van der Waals surface area contributed by atoms with Crippen LogP contribution in [0.25, 0.3) is 0 Å². The summed E-state index contributed by atoms with van der Waals surface area (Å²) in [5.74, 6) is 0. The molecule has 0 unspecified atom stereocenters. The summed E-state index contributed by atoms with van der Waals surface area (Å²) in [6.45, 7) is 1.19. The second-order valence-corrected chi connectivity index (χ2v) is 4.32. The highest BCUT2D eigenvalue weighted by molar-refractivity contribution is 7.89. The molecule has 0 atom stereocenters. The number of rotatable bonds is 2. The largest absolute Gasteiger partial charge is 0.238 e. The average Bonchev–Trinajstić information content (AvgIpc) is 2.03. The van der Waals surface area contributed by atoms with Gasteiger partial charge in [0.05, 0.1) is 4.90 Å². The molecule has 2 N–H and O–H groups in total. The third-order valence-corrected chi connectivity index (χ3v) is 2.78. The lowest BCUT2D eigenvalue weighted by molar-refractivity contribution is 0.177. The van der Waals surface area contributed by atoms with Crippen LogP contribution >= 0.6 is 0 Å². The summed E-state index contributed by atoms with van der Waals surface area (Å²) in [7, 11) is -3.70. The Morgan fingerprint density at radius 3 is 2.46 bits per heavy atom. The summed E-state index contributed by atoms with van der Waals surface area (Å²) in [5, 5.41) is 15.4. The molecular formula is C8H10NO3S. The third-order valence-electron chi connectivity index (χ3n) is 1.73. The van der Waals surface area contributed by atoms with Gasteiger partial charge in [0.25, 0.3) is 0 Å². The molecule has 0 aliphatic carbocycles. The summed E-state index contributed by atoms with van der Waals surface area (Å²) < 4.78 is 22.0. The molecule has 0 aromatic heterocycles. The van der Waals surface area contributed by atoms with Gasteiger partial charge in [-0.15, -0.1) is 0 Å². The van der Waals surface area contributed by atoms with E-state index in [2.05, 4.69) is 0 Å². The predicted molar refractivity (Wildman–Crippen MR) is 46.9 cm³/mol. The Kier molecular flexibility index (Phi) is 2.70. The van der Waals surface area contributed by atoms with Gasteiger partial charge in [-0.1, -0.05) is 12.1 Å². The first-order chi connectivity index (χ1) is 5.95. The molecular weight excluding hydrogens is 190 g/mol. The van der Waals surface area contributed by atoms with Gasteiger partial charge in [-0.25, -0.2) is 18.7 Å². The topological polar surface area (TPSA) is 80.1 Å². The van der Waals surface area contributed by atoms with E-state index in [1.54, 1.807) is 19.1 Å². The predicted octanol–water partition coefficient (Wildman–Crippen LogP) is 0.573. The zero-order valence-corrected chi connectivity index (χ0v) is 7.97. The first kappa shape index (κ1) is 10.2. The van der Waals surface area contributed by atoms with Crippen LogP contribution < -0.4 is 5.14 Å². The van der Waals surface area contributed by atoms with E-state index >= 15 is 0 Å². The fourth-order valence-electron chi connectivity index (χ4n) is 1.04. The van der Waals surface area contributed by atoms with Crippen molar-refractivity contribution < 1.29 is 13.5 Å². The Balaban J connectivity index is 3.36. The van der Waals surface area contributed by atoms with E-state index in [1.807, 2.05) is 0 Å². The maximum Gasteiger partial charge on any atom is 0.238 e. The van der Waals surface area contributed by atoms with Crippen molar-refractivity contribution in [2.24, 2.45) is 5.14 Å². The van der Waals surface area contributed by atoms with Gasteiger partial charge in [0.1, 0.15) is 6.61 Å². The maximum atomic E-state index is 11.0. The molecule has 0 saturated carbocycles. The molecule has 13 heavy (non-hydrogen) atoms. The Morgan fingerprint density at radius 2 is 2.00 bits per heavy atom. The van der Waals surface area contributed by atoms with Crippen molar-refractivity contribution in [3.63, 3.8) is 0 Å². The first-order valence-corrected chi connectivity index (χ1v) is 5.20. The number of nitrogens with two attached hydrogens (primary N) is 1. The quantitative estimate of drug-likeness (QED) is 0.757. The molecule has 0 aliphatic rings. The van der Waals surface area contributed by atoms with Gasteiger partial charge < -0.3 is 0 Å². The molecule has 0 spiro atoms. The first-order valence-electron chi connectivity index (χ1n) is 3.65. The van der Waals surface area contributed by atoms with Crippen molar-refractivity contribution in [1.82, 2.24) is 0 Å². The fraction of sp³-hybridized carbons (Fsp3) is 0.250. The summed E-state index contributed by atoms with van der Waals surface area (Å²) in [6.07, 6.45) is 0. The summed E-state index contributed by atoms with van der Waals surface area (Å²) in [6, 6.07) is 4.49. The Bertz CT molecular complexity index is 411. The van der Waals surface area contributed by atoms with E-state index in [0.29, 0.717) is 11.1 Å². The van der Waals surface area contributed by atoms with Crippen molar-refractivity contribution in [3.8, 4) is 0 Å². The normalized spacial score (nSPS) is 11.6. The van der Waals surface area contributed by atoms with E-state index in [1.165, 1.54) is 6.07 Å². The molecule has 1 radical (unpaired) electrons. The van der Waals surface area contributed by atoms with Gasteiger partial charge in [0.15, 0.2) is 0 Å². The number of hydrogen-bond acceptors (Lipinski definition) is 2. The highest BCUT2D eigenvalue weighted by Crippen LogP contribution is 2.15. The highest BCUT2D eigenvalue weighted by atomic mass is 32.2. The van der Waals surface area contributed by atoms with E-state index in [9.17, 15) is 13.5 Å². The van der Waals surface area contributed by atoms with Crippen LogP contribution in [0.4, 0.5) is 0 Å². The van der Waals surface area contributed by atoms with E-state index in [0.717, 1.165) is 0 Å². The molecule has 0 aliphatic heterocycles. The van der Waals surface area contributed by atoms with Crippen LogP contribution in [0.5, 0.6) is 0 Å². The smallest absolute Gasteiger partial charge is 0.232 e. The average molecular weight is 200 g/mol. The molecule has 0 amide bonds. The van der Waals surface area contributed by atoms with E-state index in [4.69, 9.17) is 5.14 Å². The van der Waals surface area contributed by atoms with Gasteiger partial charge in [0.2, 0.25) is 10.0 Å². The van der Waals surface area contributed by atoms with Crippen LogP contribution in [0.15, 0.2) is 23.1 Å². The Hall–Kier alpha value is -0.910. The molecule has 0 fully saturated rings. The van der Waals surface area contributed by atoms with Crippen LogP contribution in [0.3, 0.4) is 0 Å². The zero-order chi connectivity index (χ0) is 10.1. The molecule has 1 aromatic rings. The molecule has 71 valence electrons. The molecule has 0 bridgehead atoms. The van der Waals surface area contributed by atoms with Crippen molar-refractivity contribution in [2.45, 2.75) is 18.4 Å². The minimum Gasteiger partial charge on any atom is -0.232 e. The molecule has 5 heteroatoms. The Labute approximate surface area is 77.1 Å². The molecule has 4 nitrogen and oxygen atoms in total. The van der Waals surface area contributed by atoms with Gasteiger partial charge in [-0.05, 0) is 24.1 Å². The second-order valence-electron chi connectivity index (χ2n) is 2.79. The van der Waals surface area contributed by atoms with Crippen molar-refractivity contribution >= 4 is 10.0 Å². The van der Waals surface area contributed by atoms with Crippen LogP contribution in [-0.2, 0) is 21.7 Å². The second kappa shape index (κ2) is 3.45. The molecule has 0 heterocycles. The van der Waals surface area contributed by atoms with Crippen LogP contribution in [0, 0.1) is 6.92 Å². The lowest BCUT2D eigenvalue weighted by Crippen LogP contribution is -2.13. The van der Waals surface area contributed by atoms with Crippen LogP contribution in [0.2, 0.25) is 0 Å². The molecule has 0 saturated heterocycles. The fourth-order valence-corrected chi connectivity index (χ4v) is 1.87. The van der Waals surface area contributed by atoms with E-state index in [-0.39, 0.29) is 4.90 Å². The molecule has 1 aromatic carbocycles. The third kappa shape index (κ3) is 2.27. The maximum absolute atomic E-state index is 11.0. The number of primary sulfonamides is 1. The summed E-state index contributed by atoms with van der Waals surface area (Å²) >= 11 is 0. The lowest BCUT2D eigenvalue weighted by Gasteiger charge is -2.04. The number of aryl methyl sites for hydroxylation is 1. The Morgan fingerprint density at radius 1 is 1.38 bits per heavy atom. The SMILES string of the molecule is Cc1ccc(C[O])cc1S(N)(=O)=O. The monoisotopic (exact) mass is 200 g/mol. The zero-order valence-electron chi connectivity index (χ0n) is 7.15. The minimum atomic E-state index is -3.70. The van der Waals surface area contributed by atoms with E-state index < -0.39 is 16.6 Å². The van der Waals surface area contributed by atoms with Crippen molar-refractivity contribution in [2.75, 3.05) is 0 Å². The standard InChI is InChI=1S/C8H10NO3S/c1-6-2-3-7(5-10)4-8(6)13(9,11)12/h2-4H,5H2,1H3,(H2,9,11,12).